The molecule has 0 unspecified atom stereocenters. The lowest BCUT2D eigenvalue weighted by Gasteiger charge is -2.05. The van der Waals surface area contributed by atoms with Gasteiger partial charge in [-0.25, -0.2) is 10.4 Å². The first kappa shape index (κ1) is 20.1. The Morgan fingerprint density at radius 3 is 2.65 bits per heavy atom. The molecule has 0 atom stereocenters. The molecule has 31 heavy (non-hydrogen) atoms. The molecule has 4 aromatic rings. The molecular weight excluding hydrogens is 418 g/mol. The van der Waals surface area contributed by atoms with Gasteiger partial charge in [0.1, 0.15) is 11.4 Å². The summed E-state index contributed by atoms with van der Waals surface area (Å²) in [4.78, 5) is 40.3. The van der Waals surface area contributed by atoms with Gasteiger partial charge in [0, 0.05) is 23.1 Å². The monoisotopic (exact) mass is 433 g/mol. The molecule has 0 spiro atoms. The van der Waals surface area contributed by atoms with E-state index in [1.807, 2.05) is 35.7 Å². The molecule has 2 aromatic heterocycles. The summed E-state index contributed by atoms with van der Waals surface area (Å²) >= 11 is 1.37. The molecule has 9 nitrogen and oxygen atoms in total. The van der Waals surface area contributed by atoms with Crippen LogP contribution in [0.1, 0.15) is 5.56 Å². The molecular formula is C21H15N5O4S. The largest absolute Gasteiger partial charge is 0.289 e. The van der Waals surface area contributed by atoms with Gasteiger partial charge in [-0.3, -0.25) is 24.3 Å². The molecule has 0 bridgehead atoms. The molecule has 4 rings (SSSR count). The highest BCUT2D eigenvalue weighted by molar-refractivity contribution is 7.17. The molecule has 0 fully saturated rings. The summed E-state index contributed by atoms with van der Waals surface area (Å²) in [5, 5.41) is 16.9. The number of carbonyl (C=O) groups is 1. The van der Waals surface area contributed by atoms with E-state index in [-0.39, 0.29) is 17.8 Å². The minimum atomic E-state index is -0.502. The van der Waals surface area contributed by atoms with E-state index in [1.165, 1.54) is 52.7 Å². The average molecular weight is 433 g/mol. The molecule has 2 heterocycles. The number of nitro groups is 1. The summed E-state index contributed by atoms with van der Waals surface area (Å²) in [5.74, 6) is -0.502. The fourth-order valence-electron chi connectivity index (χ4n) is 2.96. The van der Waals surface area contributed by atoms with Crippen LogP contribution in [0.5, 0.6) is 0 Å². The SMILES string of the molecule is O=C(Cn1cnc2scc(-c3ccccc3)c2c1=O)N/N=C\c1ccc([N+](=O)[O-])cc1. The molecule has 154 valence electrons. The smallest absolute Gasteiger partial charge is 0.269 e. The number of non-ortho nitro benzene ring substituents is 1. The van der Waals surface area contributed by atoms with E-state index in [0.29, 0.717) is 15.8 Å². The van der Waals surface area contributed by atoms with Crippen molar-refractivity contribution in [3.8, 4) is 11.1 Å². The molecule has 0 saturated carbocycles. The van der Waals surface area contributed by atoms with Crippen molar-refractivity contribution in [2.75, 3.05) is 0 Å². The summed E-state index contributed by atoms with van der Waals surface area (Å²) in [6.07, 6.45) is 2.70. The highest BCUT2D eigenvalue weighted by atomic mass is 32.1. The minimum absolute atomic E-state index is 0.0354. The zero-order valence-corrected chi connectivity index (χ0v) is 16.8. The summed E-state index contributed by atoms with van der Waals surface area (Å²) in [6, 6.07) is 15.2. The van der Waals surface area contributed by atoms with E-state index in [2.05, 4.69) is 15.5 Å². The third kappa shape index (κ3) is 4.38. The summed E-state index contributed by atoms with van der Waals surface area (Å²) in [5.41, 5.74) is 4.27. The van der Waals surface area contributed by atoms with Gasteiger partial charge in [0.25, 0.3) is 17.2 Å². The quantitative estimate of drug-likeness (QED) is 0.284. The number of nitrogens with zero attached hydrogens (tertiary/aromatic N) is 4. The van der Waals surface area contributed by atoms with Crippen LogP contribution < -0.4 is 11.0 Å². The number of hydrazone groups is 1. The second kappa shape index (κ2) is 8.67. The predicted molar refractivity (Wildman–Crippen MR) is 118 cm³/mol. The predicted octanol–water partition coefficient (Wildman–Crippen LogP) is 3.18. The number of nitrogens with one attached hydrogen (secondary N) is 1. The van der Waals surface area contributed by atoms with Crippen LogP contribution in [0, 0.1) is 10.1 Å². The number of hydrogen-bond donors (Lipinski definition) is 1. The van der Waals surface area contributed by atoms with Crippen LogP contribution in [-0.2, 0) is 11.3 Å². The molecule has 0 aliphatic carbocycles. The topological polar surface area (TPSA) is 119 Å². The Hall–Kier alpha value is -4.18. The van der Waals surface area contributed by atoms with E-state index in [1.54, 1.807) is 0 Å². The highest BCUT2D eigenvalue weighted by Gasteiger charge is 2.14. The zero-order chi connectivity index (χ0) is 21.8. The summed E-state index contributed by atoms with van der Waals surface area (Å²) in [6.45, 7) is -0.247. The van der Waals surface area contributed by atoms with E-state index < -0.39 is 10.8 Å². The van der Waals surface area contributed by atoms with E-state index in [0.717, 1.165) is 11.1 Å². The number of thiophene rings is 1. The van der Waals surface area contributed by atoms with Crippen LogP contribution in [-0.4, -0.2) is 26.6 Å². The van der Waals surface area contributed by atoms with Gasteiger partial charge in [-0.2, -0.15) is 5.10 Å². The van der Waals surface area contributed by atoms with Crippen molar-refractivity contribution < 1.29 is 9.72 Å². The standard InChI is InChI=1S/C21H15N5O4S/c27-18(24-23-10-14-6-8-16(9-7-14)26(29)30)11-25-13-22-20-19(21(25)28)17(12-31-20)15-4-2-1-3-5-15/h1-10,12-13H,11H2,(H,24,27)/b23-10-. The lowest BCUT2D eigenvalue weighted by molar-refractivity contribution is -0.384. The molecule has 0 aliphatic heterocycles. The Morgan fingerprint density at radius 2 is 1.94 bits per heavy atom. The Labute approximate surface area is 179 Å². The van der Waals surface area contributed by atoms with E-state index in [4.69, 9.17) is 0 Å². The van der Waals surface area contributed by atoms with Gasteiger partial charge >= 0.3 is 0 Å². The Morgan fingerprint density at radius 1 is 1.19 bits per heavy atom. The Kier molecular flexibility index (Phi) is 5.63. The number of carbonyl (C=O) groups excluding carboxylic acids is 1. The van der Waals surface area contributed by atoms with Gasteiger partial charge in [0.05, 0.1) is 22.9 Å². The maximum absolute atomic E-state index is 13.0. The van der Waals surface area contributed by atoms with Crippen LogP contribution in [0.3, 0.4) is 0 Å². The van der Waals surface area contributed by atoms with Gasteiger partial charge < -0.3 is 0 Å². The van der Waals surface area contributed by atoms with Crippen molar-refractivity contribution in [3.63, 3.8) is 0 Å². The molecule has 2 aromatic carbocycles. The number of amides is 1. The van der Waals surface area contributed by atoms with Crippen LogP contribution in [0.4, 0.5) is 5.69 Å². The third-order valence-corrected chi connectivity index (χ3v) is 5.35. The van der Waals surface area contributed by atoms with Crippen molar-refractivity contribution >= 4 is 39.4 Å². The first-order valence-electron chi connectivity index (χ1n) is 9.11. The third-order valence-electron chi connectivity index (χ3n) is 4.47. The number of nitro benzene ring substituents is 1. The number of hydrogen-bond acceptors (Lipinski definition) is 7. The number of fused-ring (bicyclic) bond motifs is 1. The molecule has 0 radical (unpaired) electrons. The normalized spacial score (nSPS) is 11.1. The molecule has 0 saturated heterocycles. The first-order valence-corrected chi connectivity index (χ1v) is 9.99. The van der Waals surface area contributed by atoms with Crippen LogP contribution in [0.15, 0.2) is 76.2 Å². The van der Waals surface area contributed by atoms with E-state index in [9.17, 15) is 19.7 Å². The lowest BCUT2D eigenvalue weighted by atomic mass is 10.1. The van der Waals surface area contributed by atoms with Crippen molar-refractivity contribution in [2.24, 2.45) is 5.10 Å². The highest BCUT2D eigenvalue weighted by Crippen LogP contribution is 2.30. The van der Waals surface area contributed by atoms with Gasteiger partial charge in [-0.1, -0.05) is 30.3 Å². The number of aromatic nitrogens is 2. The molecule has 10 heteroatoms. The number of rotatable bonds is 6. The van der Waals surface area contributed by atoms with Crippen LogP contribution >= 0.6 is 11.3 Å². The molecule has 1 N–H and O–H groups in total. The zero-order valence-electron chi connectivity index (χ0n) is 16.0. The Balaban J connectivity index is 1.49. The maximum atomic E-state index is 13.0. The van der Waals surface area contributed by atoms with Crippen LogP contribution in [0.2, 0.25) is 0 Å². The average Bonchev–Trinajstić information content (AvgIpc) is 3.22. The van der Waals surface area contributed by atoms with Gasteiger partial charge in [0.2, 0.25) is 0 Å². The van der Waals surface area contributed by atoms with Crippen molar-refractivity contribution in [3.05, 3.63) is 92.3 Å². The van der Waals surface area contributed by atoms with E-state index >= 15 is 0 Å². The second-order valence-electron chi connectivity index (χ2n) is 6.51. The van der Waals surface area contributed by atoms with Crippen molar-refractivity contribution in [1.29, 1.82) is 0 Å². The van der Waals surface area contributed by atoms with Crippen molar-refractivity contribution in [2.45, 2.75) is 6.54 Å². The van der Waals surface area contributed by atoms with Gasteiger partial charge in [0.15, 0.2) is 0 Å². The van der Waals surface area contributed by atoms with Crippen LogP contribution in [0.25, 0.3) is 21.3 Å². The fraction of sp³-hybridized carbons (Fsp3) is 0.0476. The number of benzene rings is 2. The Bertz CT molecular complexity index is 1340. The van der Waals surface area contributed by atoms with Gasteiger partial charge in [-0.15, -0.1) is 11.3 Å². The lowest BCUT2D eigenvalue weighted by Crippen LogP contribution is -2.30. The maximum Gasteiger partial charge on any atom is 0.269 e. The first-order chi connectivity index (χ1) is 15.0. The second-order valence-corrected chi connectivity index (χ2v) is 7.37. The molecule has 0 aliphatic rings. The molecule has 1 amide bonds. The summed E-state index contributed by atoms with van der Waals surface area (Å²) < 4.78 is 1.23. The summed E-state index contributed by atoms with van der Waals surface area (Å²) in [7, 11) is 0. The fourth-order valence-corrected chi connectivity index (χ4v) is 3.87. The van der Waals surface area contributed by atoms with Gasteiger partial charge in [-0.05, 0) is 23.3 Å². The van der Waals surface area contributed by atoms with Crippen molar-refractivity contribution in [1.82, 2.24) is 15.0 Å². The minimum Gasteiger partial charge on any atom is -0.289 e.